The van der Waals surface area contributed by atoms with Crippen LogP contribution in [0.4, 0.5) is 11.4 Å². The maximum absolute atomic E-state index is 12.0. The number of anilines is 2. The minimum atomic E-state index is -4.30. The van der Waals surface area contributed by atoms with Crippen LogP contribution in [-0.4, -0.2) is 24.5 Å². The molecule has 1 unspecified atom stereocenters. The molecule has 28 heavy (non-hydrogen) atoms. The molecular formula is C20H17ClN2O3S2. The molecule has 1 aliphatic heterocycles. The van der Waals surface area contributed by atoms with Gasteiger partial charge in [0, 0.05) is 27.6 Å². The highest BCUT2D eigenvalue weighted by Gasteiger charge is 2.29. The first kappa shape index (κ1) is 19.3. The number of hydrogen-bond acceptors (Lipinski definition) is 5. The average Bonchev–Trinajstić information content (AvgIpc) is 2.67. The third-order valence-electron chi connectivity index (χ3n) is 4.58. The molecule has 0 bridgehead atoms. The van der Waals surface area contributed by atoms with Crippen molar-refractivity contribution in [3.63, 3.8) is 0 Å². The van der Waals surface area contributed by atoms with Crippen molar-refractivity contribution in [2.45, 2.75) is 21.5 Å². The van der Waals surface area contributed by atoms with Crippen LogP contribution in [-0.2, 0) is 10.1 Å². The summed E-state index contributed by atoms with van der Waals surface area (Å²) in [6.07, 6.45) is 1.70. The van der Waals surface area contributed by atoms with Crippen LogP contribution in [0.5, 0.6) is 0 Å². The third kappa shape index (κ3) is 3.89. The van der Waals surface area contributed by atoms with E-state index in [0.29, 0.717) is 17.3 Å². The van der Waals surface area contributed by atoms with Crippen LogP contribution < -0.4 is 4.90 Å². The van der Waals surface area contributed by atoms with Gasteiger partial charge in [-0.25, -0.2) is 0 Å². The van der Waals surface area contributed by atoms with E-state index >= 15 is 0 Å². The number of rotatable bonds is 5. The van der Waals surface area contributed by atoms with Gasteiger partial charge >= 0.3 is 0 Å². The third-order valence-corrected chi connectivity index (χ3v) is 7.14. The number of benzene rings is 2. The summed E-state index contributed by atoms with van der Waals surface area (Å²) >= 11 is 7.87. The molecule has 4 rings (SSSR count). The van der Waals surface area contributed by atoms with Gasteiger partial charge in [0.2, 0.25) is 0 Å². The van der Waals surface area contributed by atoms with E-state index in [4.69, 9.17) is 11.6 Å². The van der Waals surface area contributed by atoms with Gasteiger partial charge in [0.05, 0.1) is 17.1 Å². The Morgan fingerprint density at radius 2 is 1.79 bits per heavy atom. The van der Waals surface area contributed by atoms with Gasteiger partial charge in [-0.05, 0) is 48.9 Å². The van der Waals surface area contributed by atoms with E-state index in [1.165, 1.54) is 6.20 Å². The first-order chi connectivity index (χ1) is 13.4. The van der Waals surface area contributed by atoms with E-state index in [0.717, 1.165) is 21.2 Å². The quantitative estimate of drug-likeness (QED) is 0.547. The van der Waals surface area contributed by atoms with Gasteiger partial charge in [0.15, 0.2) is 0 Å². The fourth-order valence-corrected chi connectivity index (χ4v) is 5.40. The summed E-state index contributed by atoms with van der Waals surface area (Å²) in [4.78, 5) is 8.31. The Hall–Kier alpha value is -2.06. The van der Waals surface area contributed by atoms with Crippen LogP contribution >= 0.6 is 23.4 Å². The van der Waals surface area contributed by atoms with Crippen molar-refractivity contribution >= 4 is 44.9 Å². The average molecular weight is 433 g/mol. The molecule has 2 aromatic carbocycles. The summed E-state index contributed by atoms with van der Waals surface area (Å²) in [6, 6.07) is 18.7. The van der Waals surface area contributed by atoms with Crippen molar-refractivity contribution in [1.29, 1.82) is 0 Å². The fraction of sp³-hybridized carbons (Fsp3) is 0.150. The lowest BCUT2D eigenvalue weighted by atomic mass is 10.1. The molecule has 5 nitrogen and oxygen atoms in total. The molecule has 3 aromatic rings. The SMILES string of the molecule is O=S(=O)(O)C(CCN1c2ccccc2Sc2ccc(Cl)cc21)c1ccccn1. The zero-order valence-electron chi connectivity index (χ0n) is 14.7. The number of hydrogen-bond donors (Lipinski definition) is 1. The van der Waals surface area contributed by atoms with E-state index in [9.17, 15) is 13.0 Å². The second kappa shape index (κ2) is 7.75. The highest BCUT2D eigenvalue weighted by atomic mass is 35.5. The summed E-state index contributed by atoms with van der Waals surface area (Å²) in [6.45, 7) is 0.381. The van der Waals surface area contributed by atoms with Crippen molar-refractivity contribution in [1.82, 2.24) is 4.98 Å². The molecule has 144 valence electrons. The molecule has 0 saturated heterocycles. The molecule has 0 saturated carbocycles. The molecule has 0 amide bonds. The largest absolute Gasteiger partial charge is 0.340 e. The summed E-state index contributed by atoms with van der Waals surface area (Å²) in [5.74, 6) is 0. The number of para-hydroxylation sites is 1. The van der Waals surface area contributed by atoms with Crippen molar-refractivity contribution < 1.29 is 13.0 Å². The van der Waals surface area contributed by atoms with E-state index in [1.807, 2.05) is 47.4 Å². The van der Waals surface area contributed by atoms with Crippen LogP contribution in [0.15, 0.2) is 76.7 Å². The van der Waals surface area contributed by atoms with Crippen LogP contribution in [0.2, 0.25) is 5.02 Å². The van der Waals surface area contributed by atoms with Gasteiger partial charge in [-0.3, -0.25) is 9.54 Å². The van der Waals surface area contributed by atoms with Crippen molar-refractivity contribution in [2.24, 2.45) is 0 Å². The molecule has 0 fully saturated rings. The van der Waals surface area contributed by atoms with Gasteiger partial charge in [-0.15, -0.1) is 0 Å². The molecule has 2 heterocycles. The van der Waals surface area contributed by atoms with Gasteiger partial charge in [0.25, 0.3) is 10.1 Å². The lowest BCUT2D eigenvalue weighted by molar-refractivity contribution is 0.463. The second-order valence-corrected chi connectivity index (χ2v) is 9.50. The van der Waals surface area contributed by atoms with E-state index in [1.54, 1.807) is 30.0 Å². The molecule has 1 aliphatic rings. The summed E-state index contributed by atoms with van der Waals surface area (Å²) in [5, 5.41) is -0.488. The molecule has 0 spiro atoms. The molecule has 1 N–H and O–H groups in total. The predicted octanol–water partition coefficient (Wildman–Crippen LogP) is 5.36. The van der Waals surface area contributed by atoms with Crippen molar-refractivity contribution in [3.05, 3.63) is 77.6 Å². The van der Waals surface area contributed by atoms with Gasteiger partial charge in [-0.1, -0.05) is 41.6 Å². The Morgan fingerprint density at radius 1 is 1.04 bits per heavy atom. The standard InChI is InChI=1S/C20H17ClN2O3S2/c21-14-8-9-19-17(13-14)23(16-6-1-2-7-18(16)27-19)12-10-20(28(24,25)26)15-5-3-4-11-22-15/h1-9,11,13,20H,10,12H2,(H,24,25,26). The van der Waals surface area contributed by atoms with Crippen LogP contribution in [0.25, 0.3) is 0 Å². The number of halogens is 1. The van der Waals surface area contributed by atoms with E-state index in [-0.39, 0.29) is 6.42 Å². The maximum Gasteiger partial charge on any atom is 0.273 e. The smallest absolute Gasteiger partial charge is 0.273 e. The lowest BCUT2D eigenvalue weighted by Crippen LogP contribution is -2.25. The van der Waals surface area contributed by atoms with E-state index in [2.05, 4.69) is 4.98 Å². The van der Waals surface area contributed by atoms with Gasteiger partial charge in [0.1, 0.15) is 5.25 Å². The fourth-order valence-electron chi connectivity index (χ4n) is 3.31. The number of nitrogens with zero attached hydrogens (tertiary/aromatic N) is 2. The van der Waals surface area contributed by atoms with Crippen LogP contribution in [0, 0.1) is 0 Å². The first-order valence-electron chi connectivity index (χ1n) is 8.65. The number of aromatic nitrogens is 1. The predicted molar refractivity (Wildman–Crippen MR) is 112 cm³/mol. The molecule has 8 heteroatoms. The second-order valence-electron chi connectivity index (χ2n) is 6.38. The van der Waals surface area contributed by atoms with Gasteiger partial charge in [-0.2, -0.15) is 8.42 Å². The van der Waals surface area contributed by atoms with Crippen LogP contribution in [0.1, 0.15) is 17.4 Å². The van der Waals surface area contributed by atoms with Crippen molar-refractivity contribution in [3.8, 4) is 0 Å². The zero-order valence-corrected chi connectivity index (χ0v) is 17.1. The maximum atomic E-state index is 12.0. The number of fused-ring (bicyclic) bond motifs is 2. The lowest BCUT2D eigenvalue weighted by Gasteiger charge is -2.33. The first-order valence-corrected chi connectivity index (χ1v) is 11.3. The Bertz CT molecular complexity index is 1110. The highest BCUT2D eigenvalue weighted by molar-refractivity contribution is 7.99. The monoisotopic (exact) mass is 432 g/mol. The Kier molecular flexibility index (Phi) is 5.33. The molecule has 1 aromatic heterocycles. The minimum Gasteiger partial charge on any atom is -0.340 e. The minimum absolute atomic E-state index is 0.181. The zero-order chi connectivity index (χ0) is 19.7. The van der Waals surface area contributed by atoms with Gasteiger partial charge < -0.3 is 4.90 Å². The number of pyridine rings is 1. The normalized spacial score (nSPS) is 14.3. The van der Waals surface area contributed by atoms with Crippen LogP contribution in [0.3, 0.4) is 0 Å². The Morgan fingerprint density at radius 3 is 2.54 bits per heavy atom. The van der Waals surface area contributed by atoms with E-state index < -0.39 is 15.4 Å². The topological polar surface area (TPSA) is 70.5 Å². The Balaban J connectivity index is 1.70. The molecule has 1 atom stereocenters. The molecule has 0 radical (unpaired) electrons. The summed E-state index contributed by atoms with van der Waals surface area (Å²) in [5.41, 5.74) is 2.24. The summed E-state index contributed by atoms with van der Waals surface area (Å²) < 4.78 is 33.8. The van der Waals surface area contributed by atoms with Crippen molar-refractivity contribution in [2.75, 3.05) is 11.4 Å². The Labute approximate surface area is 173 Å². The molecular weight excluding hydrogens is 416 g/mol. The highest BCUT2D eigenvalue weighted by Crippen LogP contribution is 2.49. The summed E-state index contributed by atoms with van der Waals surface area (Å²) in [7, 11) is -4.30. The molecule has 0 aliphatic carbocycles.